The number of rotatable bonds is 6. The minimum atomic E-state index is -0.588. The molecule has 1 aliphatic rings. The summed E-state index contributed by atoms with van der Waals surface area (Å²) < 4.78 is 21.1. The van der Waals surface area contributed by atoms with Gasteiger partial charge in [-0.15, -0.1) is 0 Å². The van der Waals surface area contributed by atoms with Crippen LogP contribution in [0.15, 0.2) is 36.4 Å². The average Bonchev–Trinajstić information content (AvgIpc) is 2.96. The molecule has 1 atom stereocenters. The van der Waals surface area contributed by atoms with Crippen molar-refractivity contribution in [2.75, 3.05) is 21.3 Å². The summed E-state index contributed by atoms with van der Waals surface area (Å²) >= 11 is 0. The topological polar surface area (TPSA) is 71.1 Å². The van der Waals surface area contributed by atoms with Gasteiger partial charge < -0.3 is 18.9 Å². The predicted molar refractivity (Wildman–Crippen MR) is 89.6 cm³/mol. The van der Waals surface area contributed by atoms with Gasteiger partial charge in [0, 0.05) is 11.1 Å². The van der Waals surface area contributed by atoms with Crippen molar-refractivity contribution in [2.45, 2.75) is 12.5 Å². The number of hydrogen-bond acceptors (Lipinski definition) is 6. The quantitative estimate of drug-likeness (QED) is 0.593. The molecule has 2 aromatic rings. The van der Waals surface area contributed by atoms with Gasteiger partial charge in [0.1, 0.15) is 6.10 Å². The van der Waals surface area contributed by atoms with Gasteiger partial charge in [0.2, 0.25) is 5.75 Å². The Bertz CT molecular complexity index is 801. The van der Waals surface area contributed by atoms with Crippen LogP contribution in [-0.2, 0) is 4.74 Å². The normalized spacial score (nSPS) is 15.3. The zero-order chi connectivity index (χ0) is 18.0. The highest BCUT2D eigenvalue weighted by atomic mass is 16.5. The first-order valence-electron chi connectivity index (χ1n) is 7.72. The molecule has 25 heavy (non-hydrogen) atoms. The maximum atomic E-state index is 12.7. The second-order valence-corrected chi connectivity index (χ2v) is 5.52. The molecule has 0 saturated carbocycles. The van der Waals surface area contributed by atoms with Crippen molar-refractivity contribution >= 4 is 11.8 Å². The van der Waals surface area contributed by atoms with Gasteiger partial charge in [-0.3, -0.25) is 4.79 Å². The van der Waals surface area contributed by atoms with E-state index in [1.54, 1.807) is 30.3 Å². The lowest BCUT2D eigenvalue weighted by Crippen LogP contribution is -2.08. The van der Waals surface area contributed by atoms with E-state index in [1.807, 2.05) is 6.07 Å². The summed E-state index contributed by atoms with van der Waals surface area (Å²) in [6.07, 6.45) is -0.545. The van der Waals surface area contributed by atoms with Crippen molar-refractivity contribution in [2.24, 2.45) is 0 Å². The highest BCUT2D eigenvalue weighted by molar-refractivity contribution is 5.99. The Morgan fingerprint density at radius 2 is 1.68 bits per heavy atom. The number of carbonyl (C=O) groups excluding carboxylic acids is 2. The molecule has 1 heterocycles. The maximum Gasteiger partial charge on any atom is 0.339 e. The van der Waals surface area contributed by atoms with Gasteiger partial charge in [0.15, 0.2) is 17.3 Å². The molecule has 130 valence electrons. The molecule has 0 saturated heterocycles. The average molecular weight is 342 g/mol. The number of cyclic esters (lactones) is 1. The van der Waals surface area contributed by atoms with Crippen LogP contribution >= 0.6 is 0 Å². The number of ketones is 1. The van der Waals surface area contributed by atoms with E-state index in [0.29, 0.717) is 28.4 Å². The van der Waals surface area contributed by atoms with E-state index in [4.69, 9.17) is 18.9 Å². The fourth-order valence-electron chi connectivity index (χ4n) is 2.90. The second-order valence-electron chi connectivity index (χ2n) is 5.52. The third kappa shape index (κ3) is 3.03. The molecule has 2 aromatic carbocycles. The van der Waals surface area contributed by atoms with Crippen LogP contribution in [0.4, 0.5) is 0 Å². The first-order valence-corrected chi connectivity index (χ1v) is 7.72. The summed E-state index contributed by atoms with van der Waals surface area (Å²) in [7, 11) is 4.47. The Morgan fingerprint density at radius 1 is 1.04 bits per heavy atom. The third-order valence-corrected chi connectivity index (χ3v) is 4.13. The smallest absolute Gasteiger partial charge is 0.339 e. The fourth-order valence-corrected chi connectivity index (χ4v) is 2.90. The number of methoxy groups -OCH3 is 3. The van der Waals surface area contributed by atoms with Crippen molar-refractivity contribution in [1.29, 1.82) is 0 Å². The molecule has 0 fully saturated rings. The van der Waals surface area contributed by atoms with E-state index in [9.17, 15) is 9.59 Å². The molecule has 0 N–H and O–H groups in total. The monoisotopic (exact) mass is 342 g/mol. The molecular weight excluding hydrogens is 324 g/mol. The zero-order valence-corrected chi connectivity index (χ0v) is 14.2. The summed E-state index contributed by atoms with van der Waals surface area (Å²) in [5.41, 5.74) is 1.63. The Labute approximate surface area is 145 Å². The largest absolute Gasteiger partial charge is 0.493 e. The molecule has 6 heteroatoms. The lowest BCUT2D eigenvalue weighted by molar-refractivity contribution is 0.0367. The fraction of sp³-hybridized carbons (Fsp3) is 0.263. The Balaban J connectivity index is 1.89. The van der Waals surface area contributed by atoms with E-state index < -0.39 is 12.1 Å². The number of Topliss-reactive ketones (excluding diaryl/α,β-unsaturated/α-hetero) is 1. The molecule has 0 amide bonds. The van der Waals surface area contributed by atoms with Crippen molar-refractivity contribution < 1.29 is 28.5 Å². The second kappa shape index (κ2) is 6.84. The summed E-state index contributed by atoms with van der Waals surface area (Å²) in [4.78, 5) is 24.6. The van der Waals surface area contributed by atoms with Crippen LogP contribution in [0.1, 0.15) is 38.8 Å². The van der Waals surface area contributed by atoms with E-state index in [-0.39, 0.29) is 12.2 Å². The molecule has 0 unspecified atom stereocenters. The lowest BCUT2D eigenvalue weighted by Gasteiger charge is -2.15. The van der Waals surface area contributed by atoms with E-state index in [0.717, 1.165) is 5.56 Å². The van der Waals surface area contributed by atoms with Crippen LogP contribution in [0.3, 0.4) is 0 Å². The number of hydrogen-bond donors (Lipinski definition) is 0. The highest BCUT2D eigenvalue weighted by Crippen LogP contribution is 2.39. The maximum absolute atomic E-state index is 12.7. The van der Waals surface area contributed by atoms with Gasteiger partial charge in [-0.1, -0.05) is 18.2 Å². The molecular formula is C19H18O6. The minimum Gasteiger partial charge on any atom is -0.493 e. The molecule has 6 nitrogen and oxygen atoms in total. The summed E-state index contributed by atoms with van der Waals surface area (Å²) in [5.74, 6) is 0.620. The van der Waals surface area contributed by atoms with Crippen LogP contribution in [0.25, 0.3) is 0 Å². The van der Waals surface area contributed by atoms with Gasteiger partial charge >= 0.3 is 5.97 Å². The van der Waals surface area contributed by atoms with E-state index >= 15 is 0 Å². The lowest BCUT2D eigenvalue weighted by atomic mass is 9.98. The van der Waals surface area contributed by atoms with Gasteiger partial charge in [0.25, 0.3) is 0 Å². The van der Waals surface area contributed by atoms with Crippen LogP contribution in [0.2, 0.25) is 0 Å². The number of ether oxygens (including phenoxy) is 4. The van der Waals surface area contributed by atoms with Crippen molar-refractivity contribution in [3.05, 3.63) is 53.1 Å². The van der Waals surface area contributed by atoms with E-state index in [1.165, 1.54) is 21.3 Å². The molecule has 0 aliphatic carbocycles. The molecule has 3 rings (SSSR count). The van der Waals surface area contributed by atoms with Gasteiger partial charge in [-0.25, -0.2) is 4.79 Å². The Kier molecular flexibility index (Phi) is 4.61. The van der Waals surface area contributed by atoms with Crippen molar-refractivity contribution in [3.8, 4) is 17.2 Å². The molecule has 1 aliphatic heterocycles. The standard InChI is InChI=1S/C19H18O6/c1-22-16-8-11(9-17(23-2)18(16)24-3)14(20)10-15-12-6-4-5-7-13(12)19(21)25-15/h4-9,15H,10H2,1-3H3/t15-/m1/s1. The first kappa shape index (κ1) is 16.8. The summed E-state index contributed by atoms with van der Waals surface area (Å²) in [6, 6.07) is 10.3. The summed E-state index contributed by atoms with van der Waals surface area (Å²) in [6.45, 7) is 0. The van der Waals surface area contributed by atoms with Gasteiger partial charge in [-0.2, -0.15) is 0 Å². The van der Waals surface area contributed by atoms with Crippen LogP contribution in [-0.4, -0.2) is 33.1 Å². The minimum absolute atomic E-state index is 0.0430. The van der Waals surface area contributed by atoms with Crippen molar-refractivity contribution in [3.63, 3.8) is 0 Å². The van der Waals surface area contributed by atoms with Gasteiger partial charge in [-0.05, 0) is 18.2 Å². The SMILES string of the molecule is COc1cc(C(=O)C[C@H]2OC(=O)c3ccccc32)cc(OC)c1OC. The Morgan fingerprint density at radius 3 is 2.28 bits per heavy atom. The van der Waals surface area contributed by atoms with Crippen LogP contribution < -0.4 is 14.2 Å². The number of carbonyl (C=O) groups is 2. The molecule has 0 radical (unpaired) electrons. The summed E-state index contributed by atoms with van der Waals surface area (Å²) in [5, 5.41) is 0. The van der Waals surface area contributed by atoms with Crippen LogP contribution in [0, 0.1) is 0 Å². The number of benzene rings is 2. The highest BCUT2D eigenvalue weighted by Gasteiger charge is 2.32. The molecule has 0 spiro atoms. The zero-order valence-electron chi connectivity index (χ0n) is 14.2. The van der Waals surface area contributed by atoms with Crippen molar-refractivity contribution in [1.82, 2.24) is 0 Å². The molecule has 0 bridgehead atoms. The van der Waals surface area contributed by atoms with Gasteiger partial charge in [0.05, 0.1) is 33.3 Å². The number of fused-ring (bicyclic) bond motifs is 1. The first-order chi connectivity index (χ1) is 12.1. The predicted octanol–water partition coefficient (Wildman–Crippen LogP) is 3.20. The Hall–Kier alpha value is -3.02. The van der Waals surface area contributed by atoms with E-state index in [2.05, 4.69) is 0 Å². The molecule has 0 aromatic heterocycles. The third-order valence-electron chi connectivity index (χ3n) is 4.13. The number of esters is 1. The van der Waals surface area contributed by atoms with Crippen LogP contribution in [0.5, 0.6) is 17.2 Å².